The van der Waals surface area contributed by atoms with Crippen LogP contribution in [0.25, 0.3) is 0 Å². The summed E-state index contributed by atoms with van der Waals surface area (Å²) in [5.41, 5.74) is 0.706. The van der Waals surface area contributed by atoms with Crippen molar-refractivity contribution in [2.45, 2.75) is 114 Å². The fraction of sp³-hybridized carbons (Fsp3) is 0.923. The minimum absolute atomic E-state index is 0.0910. The molecule has 4 aliphatic rings. The van der Waals surface area contributed by atoms with Crippen molar-refractivity contribution in [2.24, 2.45) is 23.2 Å². The molecule has 2 aliphatic heterocycles. The van der Waals surface area contributed by atoms with E-state index in [0.29, 0.717) is 12.8 Å². The minimum Gasteiger partial charge on any atom is -0.393 e. The van der Waals surface area contributed by atoms with Crippen LogP contribution in [0.5, 0.6) is 0 Å². The van der Waals surface area contributed by atoms with E-state index in [2.05, 4.69) is 20.4 Å². The molecule has 0 aromatic rings. The molecule has 2 aliphatic carbocycles. The van der Waals surface area contributed by atoms with Crippen LogP contribution in [0.15, 0.2) is 12.2 Å². The zero-order valence-electron chi connectivity index (χ0n) is 21.8. The number of aliphatic hydroxyl groups is 7. The lowest BCUT2D eigenvalue weighted by atomic mass is 9.54. The van der Waals surface area contributed by atoms with Crippen LogP contribution in [0.3, 0.4) is 0 Å². The molecule has 0 aromatic carbocycles. The van der Waals surface area contributed by atoms with Crippen molar-refractivity contribution in [3.63, 3.8) is 0 Å². The normalized spacial score (nSPS) is 51.2. The molecule has 0 amide bonds. The van der Waals surface area contributed by atoms with E-state index in [-0.39, 0.29) is 37.1 Å². The molecule has 2 saturated heterocycles. The largest absolute Gasteiger partial charge is 0.393 e. The SMILES string of the molecule is C=C1CC[C@@H](O)[C@]2(C)C[C@H](O[C@@H]3O[C@H](CO[C@H]4OC[C@H](O)[C@H](O)[C@H]4O)[C@@H](O)[C@H](O)[C@H]3O)[C@@H](C(C)C)C[C@@H]12. The monoisotopic (exact) mass is 532 g/mol. The van der Waals surface area contributed by atoms with Crippen molar-refractivity contribution in [1.82, 2.24) is 0 Å². The second-order valence-electron chi connectivity index (χ2n) is 11.9. The fourth-order valence-corrected chi connectivity index (χ4v) is 6.55. The van der Waals surface area contributed by atoms with Gasteiger partial charge in [-0.1, -0.05) is 32.9 Å². The molecule has 7 N–H and O–H groups in total. The lowest BCUT2D eigenvalue weighted by Gasteiger charge is -2.55. The molecule has 2 heterocycles. The molecule has 0 spiro atoms. The third-order valence-electron chi connectivity index (χ3n) is 9.13. The Bertz CT molecular complexity index is 794. The molecule has 0 unspecified atom stereocenters. The molecule has 14 atom stereocenters. The summed E-state index contributed by atoms with van der Waals surface area (Å²) in [4.78, 5) is 0. The average Bonchev–Trinajstić information content (AvgIpc) is 2.85. The predicted molar refractivity (Wildman–Crippen MR) is 129 cm³/mol. The Kier molecular flexibility index (Phi) is 9.04. The maximum atomic E-state index is 10.9. The second-order valence-corrected chi connectivity index (χ2v) is 11.9. The first kappa shape index (κ1) is 29.3. The van der Waals surface area contributed by atoms with Gasteiger partial charge in [-0.3, -0.25) is 0 Å². The maximum Gasteiger partial charge on any atom is 0.186 e. The topological polar surface area (TPSA) is 179 Å². The number of allylic oxidation sites excluding steroid dienone is 1. The van der Waals surface area contributed by atoms with Crippen molar-refractivity contribution in [2.75, 3.05) is 13.2 Å². The molecule has 0 bridgehead atoms. The summed E-state index contributed by atoms with van der Waals surface area (Å²) >= 11 is 0. The molecule has 0 radical (unpaired) electrons. The zero-order chi connectivity index (χ0) is 27.2. The first-order chi connectivity index (χ1) is 17.3. The Morgan fingerprint density at radius 2 is 1.65 bits per heavy atom. The first-order valence-corrected chi connectivity index (χ1v) is 13.3. The Balaban J connectivity index is 1.45. The fourth-order valence-electron chi connectivity index (χ4n) is 6.55. The molecular formula is C26H44O11. The van der Waals surface area contributed by atoms with Gasteiger partial charge in [0.05, 0.1) is 25.4 Å². The second kappa shape index (κ2) is 11.4. The average molecular weight is 533 g/mol. The number of hydrogen-bond acceptors (Lipinski definition) is 11. The number of fused-ring (bicyclic) bond motifs is 1. The summed E-state index contributed by atoms with van der Waals surface area (Å²) < 4.78 is 22.9. The first-order valence-electron chi connectivity index (χ1n) is 13.3. The van der Waals surface area contributed by atoms with Gasteiger partial charge in [-0.25, -0.2) is 0 Å². The lowest BCUT2D eigenvalue weighted by Crippen LogP contribution is -2.62. The van der Waals surface area contributed by atoms with E-state index in [1.54, 1.807) is 0 Å². The minimum atomic E-state index is -1.58. The summed E-state index contributed by atoms with van der Waals surface area (Å²) in [6.45, 7) is 9.93. The zero-order valence-corrected chi connectivity index (χ0v) is 21.8. The van der Waals surface area contributed by atoms with Gasteiger partial charge in [-0.2, -0.15) is 0 Å². The van der Waals surface area contributed by atoms with Gasteiger partial charge in [0, 0.05) is 5.41 Å². The summed E-state index contributed by atoms with van der Waals surface area (Å²) in [6.07, 6.45) is -10.7. The Morgan fingerprint density at radius 3 is 2.32 bits per heavy atom. The standard InChI is InChI=1S/C26H44O11/c1-11(2)13-7-14-12(3)5-6-18(28)26(14,4)8-16(13)36-25-23(33)21(31)20(30)17(37-25)10-35-24-22(32)19(29)15(27)9-34-24/h11,13-25,27-33H,3,5-10H2,1-2,4H3/t13-,14+,15+,16+,17-,18-,19+,20-,21+,22-,23-,24-,25-,26-/m1/s1. The Morgan fingerprint density at radius 1 is 0.973 bits per heavy atom. The third-order valence-corrected chi connectivity index (χ3v) is 9.13. The van der Waals surface area contributed by atoms with Crippen LogP contribution in [-0.2, 0) is 18.9 Å². The smallest absolute Gasteiger partial charge is 0.186 e. The highest BCUT2D eigenvalue weighted by atomic mass is 16.7. The molecule has 214 valence electrons. The van der Waals surface area contributed by atoms with Gasteiger partial charge in [0.15, 0.2) is 12.6 Å². The number of hydrogen-bond donors (Lipinski definition) is 7. The van der Waals surface area contributed by atoms with E-state index in [9.17, 15) is 35.7 Å². The summed E-state index contributed by atoms with van der Waals surface area (Å²) in [6, 6.07) is 0. The van der Waals surface area contributed by atoms with E-state index in [1.807, 2.05) is 6.92 Å². The molecule has 37 heavy (non-hydrogen) atoms. The van der Waals surface area contributed by atoms with Crippen LogP contribution in [0, 0.1) is 23.2 Å². The van der Waals surface area contributed by atoms with Crippen molar-refractivity contribution in [1.29, 1.82) is 0 Å². The van der Waals surface area contributed by atoms with Gasteiger partial charge in [0.2, 0.25) is 0 Å². The highest BCUT2D eigenvalue weighted by Gasteiger charge is 2.54. The number of rotatable bonds is 6. The molecular weight excluding hydrogens is 488 g/mol. The van der Waals surface area contributed by atoms with Crippen molar-refractivity contribution < 1.29 is 54.7 Å². The van der Waals surface area contributed by atoms with Gasteiger partial charge in [0.25, 0.3) is 0 Å². The molecule has 4 fully saturated rings. The van der Waals surface area contributed by atoms with Gasteiger partial charge < -0.3 is 54.7 Å². The van der Waals surface area contributed by atoms with E-state index < -0.39 is 66.8 Å². The van der Waals surface area contributed by atoms with Crippen LogP contribution in [-0.4, -0.2) is 116 Å². The van der Waals surface area contributed by atoms with Crippen LogP contribution in [0.4, 0.5) is 0 Å². The van der Waals surface area contributed by atoms with Crippen molar-refractivity contribution in [3.05, 3.63) is 12.2 Å². The third kappa shape index (κ3) is 5.64. The van der Waals surface area contributed by atoms with Crippen molar-refractivity contribution in [3.8, 4) is 0 Å². The molecule has 0 aromatic heterocycles. The van der Waals surface area contributed by atoms with Crippen LogP contribution in [0.2, 0.25) is 0 Å². The Labute approximate surface area is 217 Å². The highest BCUT2D eigenvalue weighted by molar-refractivity contribution is 5.16. The summed E-state index contributed by atoms with van der Waals surface area (Å²) in [5.74, 6) is 0.488. The molecule has 11 nitrogen and oxygen atoms in total. The van der Waals surface area contributed by atoms with Gasteiger partial charge >= 0.3 is 0 Å². The van der Waals surface area contributed by atoms with E-state index >= 15 is 0 Å². The number of aliphatic hydroxyl groups excluding tert-OH is 7. The molecule has 2 saturated carbocycles. The number of ether oxygens (including phenoxy) is 4. The van der Waals surface area contributed by atoms with E-state index in [0.717, 1.165) is 18.4 Å². The predicted octanol–water partition coefficient (Wildman–Crippen LogP) is -0.966. The van der Waals surface area contributed by atoms with Crippen LogP contribution >= 0.6 is 0 Å². The van der Waals surface area contributed by atoms with Crippen LogP contribution < -0.4 is 0 Å². The Hall–Kier alpha value is -0.700. The van der Waals surface area contributed by atoms with Gasteiger partial charge in [0.1, 0.15) is 42.7 Å². The molecule has 4 rings (SSSR count). The molecule has 11 heteroatoms. The summed E-state index contributed by atoms with van der Waals surface area (Å²) in [7, 11) is 0. The maximum absolute atomic E-state index is 10.9. The highest BCUT2D eigenvalue weighted by Crippen LogP contribution is 2.55. The summed E-state index contributed by atoms with van der Waals surface area (Å²) in [5, 5.41) is 72.3. The van der Waals surface area contributed by atoms with E-state index in [4.69, 9.17) is 18.9 Å². The quantitative estimate of drug-likeness (QED) is 0.165. The van der Waals surface area contributed by atoms with Gasteiger partial charge in [-0.05, 0) is 43.4 Å². The van der Waals surface area contributed by atoms with Gasteiger partial charge in [-0.15, -0.1) is 0 Å². The lowest BCUT2D eigenvalue weighted by molar-refractivity contribution is -0.335. The van der Waals surface area contributed by atoms with Crippen LogP contribution in [0.1, 0.15) is 46.5 Å². The van der Waals surface area contributed by atoms with E-state index in [1.165, 1.54) is 0 Å². The van der Waals surface area contributed by atoms with Crippen molar-refractivity contribution >= 4 is 0 Å².